The van der Waals surface area contributed by atoms with Crippen molar-refractivity contribution >= 4 is 39.2 Å². The molecule has 4 rings (SSSR count). The first-order valence-corrected chi connectivity index (χ1v) is 12.4. The molecule has 35 heavy (non-hydrogen) atoms. The number of nitrogens with two attached hydrogens (primary N) is 1. The van der Waals surface area contributed by atoms with E-state index in [0.29, 0.717) is 25.7 Å². The number of hydrogen-bond donors (Lipinski definition) is 5. The van der Waals surface area contributed by atoms with E-state index in [1.54, 1.807) is 0 Å². The predicted molar refractivity (Wildman–Crippen MR) is 125 cm³/mol. The van der Waals surface area contributed by atoms with Gasteiger partial charge in [0.1, 0.15) is 0 Å². The molecule has 2 aromatic carbocycles. The van der Waals surface area contributed by atoms with Crippen LogP contribution in [-0.2, 0) is 16.2 Å². The summed E-state index contributed by atoms with van der Waals surface area (Å²) in [5.74, 6) is -0.0501. The van der Waals surface area contributed by atoms with Crippen molar-refractivity contribution in [2.24, 2.45) is 0 Å². The Morgan fingerprint density at radius 2 is 1.77 bits per heavy atom. The maximum atomic E-state index is 13.9. The van der Waals surface area contributed by atoms with Crippen molar-refractivity contribution in [3.05, 3.63) is 47.0 Å². The number of nitrogens with one attached hydrogen (secondary N) is 3. The summed E-state index contributed by atoms with van der Waals surface area (Å²) in [5.41, 5.74) is 4.20. The molecular formula is C21H22ClF3N6O3S. The van der Waals surface area contributed by atoms with Gasteiger partial charge in [0.25, 0.3) is 0 Å². The molecular weight excluding hydrogens is 509 g/mol. The minimum Gasteiger partial charge on any atom is -0.393 e. The zero-order chi connectivity index (χ0) is 25.4. The van der Waals surface area contributed by atoms with Crippen LogP contribution in [0.1, 0.15) is 31.2 Å². The van der Waals surface area contributed by atoms with Crippen LogP contribution >= 0.6 is 11.6 Å². The minimum absolute atomic E-state index is 0.00827. The fraction of sp³-hybridized carbons (Fsp3) is 0.333. The lowest BCUT2D eigenvalue weighted by atomic mass is 9.94. The molecule has 1 aromatic heterocycles. The quantitative estimate of drug-likeness (QED) is 0.323. The average Bonchev–Trinajstić information content (AvgIpc) is 3.19. The van der Waals surface area contributed by atoms with Gasteiger partial charge < -0.3 is 16.2 Å². The molecule has 0 atom stereocenters. The summed E-state index contributed by atoms with van der Waals surface area (Å²) >= 11 is 6.25. The Balaban J connectivity index is 1.62. The van der Waals surface area contributed by atoms with Gasteiger partial charge in [0.15, 0.2) is 0 Å². The second kappa shape index (κ2) is 9.64. The Kier molecular flexibility index (Phi) is 6.95. The molecule has 0 bridgehead atoms. The molecule has 3 aromatic rings. The largest absolute Gasteiger partial charge is 0.417 e. The SMILES string of the molecule is Nc1nc(Nc2cc(Cl)c(-c3ccc(S(=O)(=O)NC4CCC(O)CC4)cc3)c(C(F)(F)F)c2)n[nH]1. The summed E-state index contributed by atoms with van der Waals surface area (Å²) in [7, 11) is -3.89. The van der Waals surface area contributed by atoms with E-state index in [9.17, 15) is 26.7 Å². The van der Waals surface area contributed by atoms with Gasteiger partial charge in [-0.2, -0.15) is 18.2 Å². The molecule has 9 nitrogen and oxygen atoms in total. The second-order valence-corrected chi connectivity index (χ2v) is 10.3. The molecule has 1 aliphatic carbocycles. The van der Waals surface area contributed by atoms with Gasteiger partial charge in [-0.3, -0.25) is 0 Å². The average molecular weight is 531 g/mol. The fourth-order valence-corrected chi connectivity index (χ4v) is 5.57. The Morgan fingerprint density at radius 3 is 2.34 bits per heavy atom. The number of aromatic nitrogens is 3. The second-order valence-electron chi connectivity index (χ2n) is 8.20. The topological polar surface area (TPSA) is 146 Å². The summed E-state index contributed by atoms with van der Waals surface area (Å²) in [6, 6.07) is 6.84. The monoisotopic (exact) mass is 530 g/mol. The normalized spacial score (nSPS) is 19.0. The van der Waals surface area contributed by atoms with E-state index in [4.69, 9.17) is 17.3 Å². The van der Waals surface area contributed by atoms with E-state index >= 15 is 0 Å². The Labute approximate surface area is 204 Å². The third-order valence-electron chi connectivity index (χ3n) is 5.63. The van der Waals surface area contributed by atoms with Crippen molar-refractivity contribution in [3.8, 4) is 11.1 Å². The maximum Gasteiger partial charge on any atom is 0.417 e. The van der Waals surface area contributed by atoms with E-state index < -0.39 is 27.9 Å². The number of nitrogen functional groups attached to an aromatic ring is 1. The Bertz CT molecular complexity index is 1310. The van der Waals surface area contributed by atoms with Crippen molar-refractivity contribution in [2.45, 2.75) is 48.9 Å². The number of rotatable bonds is 6. The van der Waals surface area contributed by atoms with Crippen molar-refractivity contribution < 1.29 is 26.7 Å². The maximum absolute atomic E-state index is 13.9. The first kappa shape index (κ1) is 25.2. The van der Waals surface area contributed by atoms with Crippen molar-refractivity contribution in [1.29, 1.82) is 0 Å². The van der Waals surface area contributed by atoms with Crippen molar-refractivity contribution in [2.75, 3.05) is 11.1 Å². The van der Waals surface area contributed by atoms with Crippen LogP contribution in [0.25, 0.3) is 11.1 Å². The lowest BCUT2D eigenvalue weighted by Gasteiger charge is -2.26. The molecule has 188 valence electrons. The fourth-order valence-electron chi connectivity index (χ4n) is 3.94. The number of aliphatic hydroxyl groups excluding tert-OH is 1. The summed E-state index contributed by atoms with van der Waals surface area (Å²) in [6.07, 6.45) is -3.18. The molecule has 1 saturated carbocycles. The molecule has 0 spiro atoms. The molecule has 6 N–H and O–H groups in total. The van der Waals surface area contributed by atoms with Gasteiger partial charge in [0.05, 0.1) is 21.6 Å². The number of halogens is 4. The number of H-pyrrole nitrogens is 1. The third kappa shape index (κ3) is 5.86. The highest BCUT2D eigenvalue weighted by Crippen LogP contribution is 2.43. The van der Waals surface area contributed by atoms with Gasteiger partial charge in [-0.15, -0.1) is 5.10 Å². The van der Waals surface area contributed by atoms with Crippen molar-refractivity contribution in [1.82, 2.24) is 19.9 Å². The van der Waals surface area contributed by atoms with Crippen molar-refractivity contribution in [3.63, 3.8) is 0 Å². The molecule has 1 aliphatic rings. The van der Waals surface area contributed by atoms with Crippen LogP contribution in [0.5, 0.6) is 0 Å². The summed E-state index contributed by atoms with van der Waals surface area (Å²) in [5, 5.41) is 18.1. The molecule has 1 heterocycles. The molecule has 0 saturated heterocycles. The van der Waals surface area contributed by atoms with Crippen LogP contribution in [-0.4, -0.2) is 40.9 Å². The highest BCUT2D eigenvalue weighted by Gasteiger charge is 2.35. The molecule has 0 radical (unpaired) electrons. The van der Waals surface area contributed by atoms with Gasteiger partial charge in [-0.05, 0) is 55.5 Å². The van der Waals surface area contributed by atoms with E-state index in [1.165, 1.54) is 30.3 Å². The van der Waals surface area contributed by atoms with Gasteiger partial charge >= 0.3 is 6.18 Å². The highest BCUT2D eigenvalue weighted by atomic mass is 35.5. The number of hydrogen-bond acceptors (Lipinski definition) is 7. The van der Waals surface area contributed by atoms with Crippen LogP contribution in [0.2, 0.25) is 5.02 Å². The molecule has 14 heteroatoms. The number of aliphatic hydroxyl groups is 1. The predicted octanol–water partition coefficient (Wildman–Crippen LogP) is 4.05. The zero-order valence-electron chi connectivity index (χ0n) is 18.1. The van der Waals surface area contributed by atoms with E-state index in [0.717, 1.165) is 6.07 Å². The molecule has 0 unspecified atom stereocenters. The first-order chi connectivity index (χ1) is 16.4. The highest BCUT2D eigenvalue weighted by molar-refractivity contribution is 7.89. The van der Waals surface area contributed by atoms with Crippen LogP contribution in [0.4, 0.5) is 30.8 Å². The summed E-state index contributed by atoms with van der Waals surface area (Å²) in [4.78, 5) is 3.70. The molecule has 0 aliphatic heterocycles. The lowest BCUT2D eigenvalue weighted by Crippen LogP contribution is -2.38. The summed E-state index contributed by atoms with van der Waals surface area (Å²) < 4.78 is 69.8. The zero-order valence-corrected chi connectivity index (χ0v) is 19.7. The standard InChI is InChI=1S/C21H22ClF3N6O3S/c22-17-10-13(27-20-28-19(26)29-30-20)9-16(21(23,24)25)18(17)11-1-7-15(8-2-11)35(33,34)31-12-3-5-14(32)6-4-12/h1-2,7-10,12,14,31-32H,3-6H2,(H4,26,27,28,29,30). The first-order valence-electron chi connectivity index (χ1n) is 10.6. The van der Waals surface area contributed by atoms with Gasteiger partial charge in [-0.1, -0.05) is 23.7 Å². The number of alkyl halides is 3. The number of aromatic amines is 1. The van der Waals surface area contributed by atoms with Gasteiger partial charge in [-0.25, -0.2) is 18.2 Å². The van der Waals surface area contributed by atoms with E-state index in [1.807, 2.05) is 0 Å². The third-order valence-corrected chi connectivity index (χ3v) is 7.46. The lowest BCUT2D eigenvalue weighted by molar-refractivity contribution is -0.137. The van der Waals surface area contributed by atoms with Crippen LogP contribution in [0.3, 0.4) is 0 Å². The Hall–Kier alpha value is -2.87. The smallest absolute Gasteiger partial charge is 0.393 e. The molecule has 0 amide bonds. The van der Waals surface area contributed by atoms with Gasteiger partial charge in [0.2, 0.25) is 21.9 Å². The minimum atomic E-state index is -4.76. The number of sulfonamides is 1. The molecule has 1 fully saturated rings. The Morgan fingerprint density at radius 1 is 1.11 bits per heavy atom. The number of anilines is 3. The van der Waals surface area contributed by atoms with Crippen LogP contribution in [0, 0.1) is 0 Å². The van der Waals surface area contributed by atoms with E-state index in [2.05, 4.69) is 25.2 Å². The van der Waals surface area contributed by atoms with Crippen LogP contribution < -0.4 is 15.8 Å². The number of nitrogens with zero attached hydrogens (tertiary/aromatic N) is 2. The van der Waals surface area contributed by atoms with Gasteiger partial charge in [0, 0.05) is 17.3 Å². The van der Waals surface area contributed by atoms with Crippen LogP contribution in [0.15, 0.2) is 41.3 Å². The summed E-state index contributed by atoms with van der Waals surface area (Å²) in [6.45, 7) is 0. The number of benzene rings is 2. The van der Waals surface area contributed by atoms with E-state index in [-0.39, 0.29) is 44.7 Å².